The van der Waals surface area contributed by atoms with Gasteiger partial charge in [-0.2, -0.15) is 14.7 Å². The first-order valence-electron chi connectivity index (χ1n) is 5.21. The zero-order valence-electron chi connectivity index (χ0n) is 9.44. The largest absolute Gasteiger partial charge is 0.481 e. The van der Waals surface area contributed by atoms with E-state index < -0.39 is 37.9 Å². The average molecular weight is 291 g/mol. The molecule has 0 amide bonds. The van der Waals surface area contributed by atoms with Crippen molar-refractivity contribution in [3.63, 3.8) is 0 Å². The molecule has 1 aromatic rings. The third-order valence-corrected chi connectivity index (χ3v) is 3.54. The zero-order chi connectivity index (χ0) is 14.2. The van der Waals surface area contributed by atoms with E-state index in [9.17, 15) is 15.0 Å². The van der Waals surface area contributed by atoms with Crippen molar-refractivity contribution < 1.29 is 34.4 Å². The van der Waals surface area contributed by atoms with Gasteiger partial charge in [-0.15, -0.1) is 0 Å². The minimum atomic E-state index is -4.81. The lowest BCUT2D eigenvalue weighted by molar-refractivity contribution is -0.127. The summed E-state index contributed by atoms with van der Waals surface area (Å²) in [6.45, 7) is 0. The predicted molar refractivity (Wildman–Crippen MR) is 60.2 cm³/mol. The molecular weight excluding hydrogens is 279 g/mol. The molecule has 1 aliphatic rings. The Morgan fingerprint density at radius 1 is 1.26 bits per heavy atom. The van der Waals surface area contributed by atoms with Crippen LogP contribution >= 0.6 is 7.94 Å². The summed E-state index contributed by atoms with van der Waals surface area (Å²) in [7, 11) is -4.81. The van der Waals surface area contributed by atoms with Crippen molar-refractivity contribution in [2.24, 2.45) is 0 Å². The number of carbonyl (C=O) groups is 1. The number of nitrogens with zero attached hydrogens (tertiary/aromatic N) is 2. The van der Waals surface area contributed by atoms with Crippen LogP contribution < -0.4 is 0 Å². The number of carbonyl (C=O) groups excluding carboxylic acids is 1. The molecule has 0 bridgehead atoms. The van der Waals surface area contributed by atoms with Crippen LogP contribution in [0.2, 0.25) is 0 Å². The highest BCUT2D eigenvalue weighted by molar-refractivity contribution is 7.76. The van der Waals surface area contributed by atoms with Crippen LogP contribution in [0.15, 0.2) is 18.6 Å². The fourth-order valence-electron chi connectivity index (χ4n) is 1.77. The molecule has 0 aliphatic carbocycles. The van der Waals surface area contributed by atoms with Crippen LogP contribution in [0.25, 0.3) is 0 Å². The summed E-state index contributed by atoms with van der Waals surface area (Å²) in [5.74, 6) is 0. The Morgan fingerprint density at radius 3 is 2.47 bits per heavy atom. The fourth-order valence-corrected chi connectivity index (χ4v) is 2.32. The monoisotopic (exact) mass is 291 g/mol. The van der Waals surface area contributed by atoms with E-state index in [4.69, 9.17) is 19.4 Å². The molecule has 10 heteroatoms. The lowest BCUT2D eigenvalue weighted by Gasteiger charge is -2.12. The standard InChI is InChI=1S/C9H12N2O7P/c12-5-6(13)8(9(14)19(15,16)17)18-7(5)4-1-2-10-3-11-4/h1-3,5-8,12-13,15-17H/q+1/t5-,6+,7+,8+/m1/s1. The SMILES string of the molecule is O=C([C@H]1O[C@@H](c2ccncn2)[C@H](O)[C@@H]1O)[P+](O)(O)O. The molecule has 0 radical (unpaired) electrons. The summed E-state index contributed by atoms with van der Waals surface area (Å²) in [6, 6.07) is 1.41. The maximum absolute atomic E-state index is 11.5. The van der Waals surface area contributed by atoms with Crippen molar-refractivity contribution in [1.82, 2.24) is 9.97 Å². The van der Waals surface area contributed by atoms with Crippen molar-refractivity contribution >= 4 is 13.5 Å². The summed E-state index contributed by atoms with van der Waals surface area (Å²) in [6.07, 6.45) is -3.48. The van der Waals surface area contributed by atoms with E-state index >= 15 is 0 Å². The van der Waals surface area contributed by atoms with Gasteiger partial charge in [0.05, 0.1) is 5.69 Å². The molecule has 2 heterocycles. The van der Waals surface area contributed by atoms with Crippen molar-refractivity contribution in [2.45, 2.75) is 24.4 Å². The topological polar surface area (TPSA) is 153 Å². The van der Waals surface area contributed by atoms with Gasteiger partial charge in [0, 0.05) is 6.20 Å². The first-order chi connectivity index (χ1) is 8.82. The van der Waals surface area contributed by atoms with Crippen LogP contribution in [0.3, 0.4) is 0 Å². The lowest BCUT2D eigenvalue weighted by Crippen LogP contribution is -2.36. The van der Waals surface area contributed by atoms with E-state index in [1.807, 2.05) is 0 Å². The van der Waals surface area contributed by atoms with Crippen LogP contribution in [0.4, 0.5) is 0 Å². The van der Waals surface area contributed by atoms with Crippen LogP contribution in [-0.4, -0.2) is 58.7 Å². The molecule has 2 rings (SSSR count). The molecule has 0 unspecified atom stereocenters. The molecule has 1 aromatic heterocycles. The van der Waals surface area contributed by atoms with Gasteiger partial charge in [0.25, 0.3) is 0 Å². The molecule has 4 atom stereocenters. The third kappa shape index (κ3) is 2.77. The van der Waals surface area contributed by atoms with Gasteiger partial charge < -0.3 is 14.9 Å². The van der Waals surface area contributed by atoms with E-state index in [1.54, 1.807) is 0 Å². The smallest absolute Gasteiger partial charge is 0.387 e. The van der Waals surface area contributed by atoms with E-state index in [2.05, 4.69) is 9.97 Å². The minimum absolute atomic E-state index is 0.217. The lowest BCUT2D eigenvalue weighted by atomic mass is 10.1. The Kier molecular flexibility index (Phi) is 3.88. The molecule has 19 heavy (non-hydrogen) atoms. The summed E-state index contributed by atoms with van der Waals surface area (Å²) < 4.78 is 5.07. The predicted octanol–water partition coefficient (Wildman–Crippen LogP) is -2.10. The molecule has 0 aromatic carbocycles. The number of hydrogen-bond donors (Lipinski definition) is 5. The molecule has 0 spiro atoms. The Balaban J connectivity index is 2.22. The second kappa shape index (κ2) is 5.14. The summed E-state index contributed by atoms with van der Waals surface area (Å²) >= 11 is 0. The highest BCUT2D eigenvalue weighted by Gasteiger charge is 2.57. The quantitative estimate of drug-likeness (QED) is 0.394. The fraction of sp³-hybridized carbons (Fsp3) is 0.444. The van der Waals surface area contributed by atoms with E-state index in [0.717, 1.165) is 0 Å². The van der Waals surface area contributed by atoms with Gasteiger partial charge in [-0.1, -0.05) is 0 Å². The third-order valence-electron chi connectivity index (χ3n) is 2.70. The number of aliphatic hydroxyl groups is 2. The van der Waals surface area contributed by atoms with Gasteiger partial charge in [-0.3, -0.25) is 0 Å². The van der Waals surface area contributed by atoms with Gasteiger partial charge in [-0.05, 0) is 6.07 Å². The number of rotatable bonds is 3. The second-order valence-electron chi connectivity index (χ2n) is 4.00. The molecule has 104 valence electrons. The van der Waals surface area contributed by atoms with E-state index in [0.29, 0.717) is 0 Å². The van der Waals surface area contributed by atoms with Crippen LogP contribution in [0.1, 0.15) is 11.8 Å². The molecule has 1 fully saturated rings. The molecule has 9 nitrogen and oxygen atoms in total. The number of hydrogen-bond acceptors (Lipinski definition) is 9. The number of aliphatic hydroxyl groups excluding tert-OH is 2. The Bertz CT molecular complexity index is 465. The molecular formula is C9H12N2O7P+. The first kappa shape index (κ1) is 14.4. The average Bonchev–Trinajstić information content (AvgIpc) is 2.66. The van der Waals surface area contributed by atoms with Gasteiger partial charge >= 0.3 is 13.5 Å². The van der Waals surface area contributed by atoms with Crippen molar-refractivity contribution in [1.29, 1.82) is 0 Å². The highest BCUT2D eigenvalue weighted by atomic mass is 31.2. The summed E-state index contributed by atoms with van der Waals surface area (Å²) in [5.41, 5.74) is -1.25. The minimum Gasteiger partial charge on any atom is -0.387 e. The zero-order valence-corrected chi connectivity index (χ0v) is 10.3. The van der Waals surface area contributed by atoms with Crippen molar-refractivity contribution in [2.75, 3.05) is 0 Å². The first-order valence-corrected chi connectivity index (χ1v) is 6.86. The van der Waals surface area contributed by atoms with E-state index in [1.165, 1.54) is 18.6 Å². The number of ether oxygens (including phenoxy) is 1. The van der Waals surface area contributed by atoms with Gasteiger partial charge in [0.2, 0.25) is 0 Å². The van der Waals surface area contributed by atoms with Gasteiger partial charge in [0.1, 0.15) is 24.6 Å². The van der Waals surface area contributed by atoms with E-state index in [-0.39, 0.29) is 5.69 Å². The maximum atomic E-state index is 11.5. The normalized spacial score (nSPS) is 31.4. The van der Waals surface area contributed by atoms with Gasteiger partial charge in [0.15, 0.2) is 6.10 Å². The summed E-state index contributed by atoms with van der Waals surface area (Å²) in [5, 5.41) is 19.4. The van der Waals surface area contributed by atoms with Crippen molar-refractivity contribution in [3.05, 3.63) is 24.3 Å². The Labute approximate surface area is 107 Å². The molecule has 0 saturated carbocycles. The summed E-state index contributed by atoms with van der Waals surface area (Å²) in [4.78, 5) is 45.6. The second-order valence-corrected chi connectivity index (χ2v) is 5.58. The van der Waals surface area contributed by atoms with Crippen LogP contribution in [-0.2, 0) is 9.53 Å². The number of aromatic nitrogens is 2. The molecule has 1 saturated heterocycles. The molecule has 1 aliphatic heterocycles. The maximum Gasteiger partial charge on any atom is 0.481 e. The van der Waals surface area contributed by atoms with Gasteiger partial charge in [-0.25, -0.2) is 14.8 Å². The molecule has 5 N–H and O–H groups in total. The Morgan fingerprint density at radius 2 is 1.95 bits per heavy atom. The van der Waals surface area contributed by atoms with Crippen LogP contribution in [0, 0.1) is 0 Å². The van der Waals surface area contributed by atoms with Crippen LogP contribution in [0.5, 0.6) is 0 Å². The highest BCUT2D eigenvalue weighted by Crippen LogP contribution is 2.49. The van der Waals surface area contributed by atoms with Crippen molar-refractivity contribution in [3.8, 4) is 0 Å². The Hall–Kier alpha value is -1.06.